The Labute approximate surface area is 160 Å². The average molecular weight is 392 g/mol. The Bertz CT molecular complexity index is 843. The molecule has 0 radical (unpaired) electrons. The number of para-hydroxylation sites is 1. The number of hydrazine groups is 1. The maximum atomic E-state index is 12.1. The summed E-state index contributed by atoms with van der Waals surface area (Å²) in [7, 11) is 0. The molecule has 0 saturated carbocycles. The van der Waals surface area contributed by atoms with Gasteiger partial charge in [0.25, 0.3) is 0 Å². The van der Waals surface area contributed by atoms with Gasteiger partial charge >= 0.3 is 0 Å². The van der Waals surface area contributed by atoms with Gasteiger partial charge in [-0.25, -0.2) is 5.84 Å². The summed E-state index contributed by atoms with van der Waals surface area (Å²) in [5.74, 6) is 11.1. The number of hydrogen-bond acceptors (Lipinski definition) is 6. The molecule has 0 unspecified atom stereocenters. The van der Waals surface area contributed by atoms with Gasteiger partial charge in [0, 0.05) is 5.56 Å². The number of nitrogens with two attached hydrogens (primary N) is 2. The molecule has 2 aromatic rings. The highest BCUT2D eigenvalue weighted by atomic mass is 35.5. The molecule has 0 aliphatic rings. The number of benzene rings is 2. The van der Waals surface area contributed by atoms with Crippen LogP contribution in [0.25, 0.3) is 0 Å². The summed E-state index contributed by atoms with van der Waals surface area (Å²) in [5.41, 5.74) is 1.56. The molecule has 0 aliphatic heterocycles. The number of thioether (sulfide) groups is 1. The first-order valence-corrected chi connectivity index (χ1v) is 8.89. The smallest absolute Gasteiger partial charge is 0.234 e. The van der Waals surface area contributed by atoms with Crippen LogP contribution in [0, 0.1) is 0 Å². The lowest BCUT2D eigenvalue weighted by Gasteiger charge is -2.19. The molecule has 0 heterocycles. The fourth-order valence-electron chi connectivity index (χ4n) is 2.03. The lowest BCUT2D eigenvalue weighted by molar-refractivity contribution is -0.113. The number of ketones is 1. The summed E-state index contributed by atoms with van der Waals surface area (Å²) < 4.78 is 0. The van der Waals surface area contributed by atoms with E-state index in [-0.39, 0.29) is 22.6 Å². The van der Waals surface area contributed by atoms with Gasteiger partial charge in [-0.1, -0.05) is 47.6 Å². The van der Waals surface area contributed by atoms with Gasteiger partial charge in [0.2, 0.25) is 11.1 Å². The summed E-state index contributed by atoms with van der Waals surface area (Å²) in [6.45, 7) is 1.46. The highest BCUT2D eigenvalue weighted by Crippen LogP contribution is 2.22. The number of amides is 1. The van der Waals surface area contributed by atoms with Crippen molar-refractivity contribution in [2.45, 2.75) is 6.92 Å². The zero-order chi connectivity index (χ0) is 19.1. The number of nitrogens with one attached hydrogen (secondary N) is 1. The van der Waals surface area contributed by atoms with Crippen molar-refractivity contribution in [3.05, 3.63) is 59.1 Å². The minimum atomic E-state index is -0.282. The Hall–Kier alpha value is -2.55. The fraction of sp³-hybridized carbons (Fsp3) is 0.118. The van der Waals surface area contributed by atoms with E-state index in [4.69, 9.17) is 23.3 Å². The molecule has 9 heteroatoms. The van der Waals surface area contributed by atoms with Crippen molar-refractivity contribution in [3.63, 3.8) is 0 Å². The minimum absolute atomic E-state index is 0.0291. The SMILES string of the molecule is CC(=O)c1cccc(N(N)/C(=N\N)SCC(=O)Nc2ccccc2Cl)c1. The quantitative estimate of drug-likeness (QED) is 0.237. The molecule has 136 valence electrons. The predicted octanol–water partition coefficient (Wildman–Crippen LogP) is 2.82. The number of carbonyl (C=O) groups is 2. The third kappa shape index (κ3) is 5.22. The molecule has 0 aromatic heterocycles. The van der Waals surface area contributed by atoms with E-state index in [0.717, 1.165) is 11.8 Å². The van der Waals surface area contributed by atoms with Crippen LogP contribution in [-0.4, -0.2) is 22.6 Å². The van der Waals surface area contributed by atoms with Gasteiger partial charge in [-0.3, -0.25) is 14.6 Å². The maximum absolute atomic E-state index is 12.1. The van der Waals surface area contributed by atoms with Gasteiger partial charge in [-0.2, -0.15) is 5.10 Å². The monoisotopic (exact) mass is 391 g/mol. The van der Waals surface area contributed by atoms with Gasteiger partial charge in [0.05, 0.1) is 22.2 Å². The van der Waals surface area contributed by atoms with E-state index in [2.05, 4.69) is 10.4 Å². The zero-order valence-electron chi connectivity index (χ0n) is 14.0. The Kier molecular flexibility index (Phi) is 7.02. The number of halogens is 1. The second-order valence-corrected chi connectivity index (χ2v) is 6.55. The highest BCUT2D eigenvalue weighted by Gasteiger charge is 2.15. The van der Waals surface area contributed by atoms with Gasteiger partial charge in [0.15, 0.2) is 5.78 Å². The second kappa shape index (κ2) is 9.23. The molecule has 26 heavy (non-hydrogen) atoms. The van der Waals surface area contributed by atoms with E-state index >= 15 is 0 Å². The second-order valence-electron chi connectivity index (χ2n) is 5.20. The zero-order valence-corrected chi connectivity index (χ0v) is 15.6. The van der Waals surface area contributed by atoms with Crippen molar-refractivity contribution in [3.8, 4) is 0 Å². The van der Waals surface area contributed by atoms with Crippen LogP contribution in [0.1, 0.15) is 17.3 Å². The van der Waals surface area contributed by atoms with E-state index in [1.54, 1.807) is 48.5 Å². The first-order chi connectivity index (χ1) is 12.4. The number of carbonyl (C=O) groups excluding carboxylic acids is 2. The lowest BCUT2D eigenvalue weighted by atomic mass is 10.1. The number of nitrogens with zero attached hydrogens (tertiary/aromatic N) is 2. The molecule has 5 N–H and O–H groups in total. The fourth-order valence-corrected chi connectivity index (χ4v) is 2.87. The van der Waals surface area contributed by atoms with Gasteiger partial charge < -0.3 is 11.2 Å². The van der Waals surface area contributed by atoms with Crippen LogP contribution in [0.2, 0.25) is 5.02 Å². The average Bonchev–Trinajstić information content (AvgIpc) is 2.64. The van der Waals surface area contributed by atoms with Crippen molar-refractivity contribution in [2.24, 2.45) is 16.8 Å². The third-order valence-electron chi connectivity index (χ3n) is 3.33. The maximum Gasteiger partial charge on any atom is 0.234 e. The van der Waals surface area contributed by atoms with Crippen molar-refractivity contribution >= 4 is 51.6 Å². The Morgan fingerprint density at radius 1 is 1.23 bits per heavy atom. The van der Waals surface area contributed by atoms with E-state index in [1.165, 1.54) is 11.9 Å². The van der Waals surface area contributed by atoms with Crippen LogP contribution in [0.15, 0.2) is 53.6 Å². The molecule has 0 aliphatic carbocycles. The Morgan fingerprint density at radius 3 is 2.62 bits per heavy atom. The number of rotatable bonds is 5. The standard InChI is InChI=1S/C17H18ClN5O2S/c1-11(24)12-5-4-6-13(9-12)23(20)17(22-19)26-10-16(25)21-15-8-3-2-7-14(15)18/h2-9H,10,19-20H2,1H3,(H,21,25)/b22-17+. The molecular weight excluding hydrogens is 374 g/mol. The minimum Gasteiger partial charge on any atom is -0.324 e. The molecule has 0 spiro atoms. The number of hydrogen-bond donors (Lipinski definition) is 3. The molecule has 1 amide bonds. The number of anilines is 2. The van der Waals surface area contributed by atoms with Crippen LogP contribution in [-0.2, 0) is 4.79 Å². The van der Waals surface area contributed by atoms with Crippen LogP contribution >= 0.6 is 23.4 Å². The van der Waals surface area contributed by atoms with Crippen LogP contribution in [0.5, 0.6) is 0 Å². The largest absolute Gasteiger partial charge is 0.324 e. The molecule has 2 rings (SSSR count). The molecule has 0 fully saturated rings. The molecular formula is C17H18ClN5O2S. The van der Waals surface area contributed by atoms with Crippen molar-refractivity contribution in [1.29, 1.82) is 0 Å². The number of hydrazone groups is 1. The Balaban J connectivity index is 2.01. The molecule has 0 bridgehead atoms. The van der Waals surface area contributed by atoms with Crippen LogP contribution in [0.4, 0.5) is 11.4 Å². The van der Waals surface area contributed by atoms with E-state index in [0.29, 0.717) is 22.0 Å². The topological polar surface area (TPSA) is 114 Å². The van der Waals surface area contributed by atoms with Gasteiger partial charge in [0.1, 0.15) is 0 Å². The van der Waals surface area contributed by atoms with Gasteiger partial charge in [-0.05, 0) is 31.2 Å². The summed E-state index contributed by atoms with van der Waals surface area (Å²) in [6, 6.07) is 13.6. The van der Waals surface area contributed by atoms with E-state index in [9.17, 15) is 9.59 Å². The van der Waals surface area contributed by atoms with Gasteiger partial charge in [-0.15, -0.1) is 0 Å². The normalized spacial score (nSPS) is 11.1. The summed E-state index contributed by atoms with van der Waals surface area (Å²) in [5, 5.41) is 8.21. The highest BCUT2D eigenvalue weighted by molar-refractivity contribution is 8.14. The van der Waals surface area contributed by atoms with Crippen molar-refractivity contribution < 1.29 is 9.59 Å². The summed E-state index contributed by atoms with van der Waals surface area (Å²) >= 11 is 7.07. The molecule has 2 aromatic carbocycles. The Morgan fingerprint density at radius 2 is 1.96 bits per heavy atom. The molecule has 7 nitrogen and oxygen atoms in total. The van der Waals surface area contributed by atoms with E-state index in [1.807, 2.05) is 0 Å². The first kappa shape index (κ1) is 19.8. The summed E-state index contributed by atoms with van der Waals surface area (Å²) in [4.78, 5) is 23.6. The van der Waals surface area contributed by atoms with E-state index < -0.39 is 0 Å². The molecule has 0 saturated heterocycles. The van der Waals surface area contributed by atoms with Crippen LogP contribution in [0.3, 0.4) is 0 Å². The third-order valence-corrected chi connectivity index (χ3v) is 4.62. The first-order valence-electron chi connectivity index (χ1n) is 7.53. The number of amidine groups is 1. The molecule has 0 atom stereocenters. The lowest BCUT2D eigenvalue weighted by Crippen LogP contribution is -2.37. The summed E-state index contributed by atoms with van der Waals surface area (Å²) in [6.07, 6.45) is 0. The predicted molar refractivity (Wildman–Crippen MR) is 107 cm³/mol. The van der Waals surface area contributed by atoms with Crippen LogP contribution < -0.4 is 22.0 Å². The van der Waals surface area contributed by atoms with Crippen molar-refractivity contribution in [1.82, 2.24) is 0 Å². The number of Topliss-reactive ketones (excluding diaryl/α,β-unsaturated/α-hetero) is 1. The van der Waals surface area contributed by atoms with Crippen molar-refractivity contribution in [2.75, 3.05) is 16.1 Å².